The molecule has 6 nitrogen and oxygen atoms in total. The van der Waals surface area contributed by atoms with Crippen molar-refractivity contribution >= 4 is 27.4 Å². The second kappa shape index (κ2) is 8.12. The van der Waals surface area contributed by atoms with Crippen molar-refractivity contribution in [2.75, 3.05) is 17.3 Å². The predicted octanol–water partition coefficient (Wildman–Crippen LogP) is 2.85. The summed E-state index contributed by atoms with van der Waals surface area (Å²) >= 11 is 0. The highest BCUT2D eigenvalue weighted by atomic mass is 32.2. The summed E-state index contributed by atoms with van der Waals surface area (Å²) in [5.74, 6) is -3.46. The third-order valence-corrected chi connectivity index (χ3v) is 5.19. The minimum atomic E-state index is -5.18. The Morgan fingerprint density at radius 2 is 1.85 bits per heavy atom. The molecule has 0 bridgehead atoms. The number of alkyl halides is 3. The van der Waals surface area contributed by atoms with Gasteiger partial charge in [0, 0.05) is 11.1 Å². The van der Waals surface area contributed by atoms with Crippen LogP contribution in [0.4, 0.5) is 18.9 Å². The summed E-state index contributed by atoms with van der Waals surface area (Å²) in [6.07, 6.45) is -2.64. The van der Waals surface area contributed by atoms with E-state index in [2.05, 4.69) is 0 Å². The van der Waals surface area contributed by atoms with Gasteiger partial charge in [0.15, 0.2) is 9.84 Å². The lowest BCUT2D eigenvalue weighted by atomic mass is 10.1. The van der Waals surface area contributed by atoms with Crippen LogP contribution in [0, 0.1) is 0 Å². The zero-order valence-corrected chi connectivity index (χ0v) is 15.2. The fourth-order valence-corrected chi connectivity index (χ4v) is 3.73. The normalized spacial score (nSPS) is 18.3. The van der Waals surface area contributed by atoms with Crippen LogP contribution in [0.5, 0.6) is 0 Å². The molecule has 0 spiro atoms. The molecular formula is C17H18F3NO5S. The van der Waals surface area contributed by atoms with Crippen molar-refractivity contribution in [2.24, 2.45) is 0 Å². The van der Waals surface area contributed by atoms with Crippen LogP contribution in [-0.4, -0.2) is 44.9 Å². The Kier molecular flexibility index (Phi) is 6.30. The van der Waals surface area contributed by atoms with Crippen LogP contribution in [0.25, 0.3) is 0 Å². The first-order valence-electron chi connectivity index (χ1n) is 8.13. The van der Waals surface area contributed by atoms with Gasteiger partial charge < -0.3 is 4.74 Å². The number of anilines is 1. The van der Waals surface area contributed by atoms with Gasteiger partial charge in [0.25, 0.3) is 0 Å². The zero-order chi connectivity index (χ0) is 20.2. The number of rotatable bonds is 6. The molecule has 0 radical (unpaired) electrons. The molecule has 1 aromatic carbocycles. The van der Waals surface area contributed by atoms with Crippen LogP contribution in [0.2, 0.25) is 0 Å². The fraction of sp³-hybridized carbons (Fsp3) is 0.412. The summed E-state index contributed by atoms with van der Waals surface area (Å²) in [4.78, 5) is 24.1. The number of carbonyl (C=O) groups excluding carboxylic acids is 2. The molecule has 0 fully saturated rings. The average Bonchev–Trinajstić information content (AvgIpc) is 2.94. The second-order valence-electron chi connectivity index (χ2n) is 5.93. The Morgan fingerprint density at radius 1 is 1.22 bits per heavy atom. The highest BCUT2D eigenvalue weighted by Gasteiger charge is 2.46. The largest absolute Gasteiger partial charge is 0.471 e. The smallest absolute Gasteiger partial charge is 0.462 e. The summed E-state index contributed by atoms with van der Waals surface area (Å²) in [5, 5.41) is 0.786. The second-order valence-corrected chi connectivity index (χ2v) is 7.87. The maximum absolute atomic E-state index is 13.0. The molecule has 0 saturated heterocycles. The summed E-state index contributed by atoms with van der Waals surface area (Å²) in [6.45, 7) is 2.15. The summed E-state index contributed by atoms with van der Waals surface area (Å²) in [7, 11) is -3.68. The van der Waals surface area contributed by atoms with E-state index in [4.69, 9.17) is 4.74 Å². The van der Waals surface area contributed by atoms with Crippen molar-refractivity contribution in [2.45, 2.75) is 32.0 Å². The first-order valence-corrected chi connectivity index (χ1v) is 9.85. The summed E-state index contributed by atoms with van der Waals surface area (Å²) in [5.41, 5.74) is -0.0574. The molecule has 148 valence electrons. The highest BCUT2D eigenvalue weighted by molar-refractivity contribution is 7.94. The molecule has 1 amide bonds. The molecule has 1 atom stereocenters. The first kappa shape index (κ1) is 20.9. The topological polar surface area (TPSA) is 80.8 Å². The van der Waals surface area contributed by atoms with Gasteiger partial charge in [-0.3, -0.25) is 9.69 Å². The monoisotopic (exact) mass is 405 g/mol. The Bertz CT molecular complexity index is 831. The molecule has 0 aromatic heterocycles. The molecular weight excluding hydrogens is 387 g/mol. The van der Waals surface area contributed by atoms with Crippen molar-refractivity contribution in [3.63, 3.8) is 0 Å². The van der Waals surface area contributed by atoms with Crippen LogP contribution in [0.3, 0.4) is 0 Å². The van der Waals surface area contributed by atoms with Gasteiger partial charge in [0.2, 0.25) is 0 Å². The zero-order valence-electron chi connectivity index (χ0n) is 14.4. The van der Waals surface area contributed by atoms with E-state index in [0.29, 0.717) is 11.3 Å². The van der Waals surface area contributed by atoms with Gasteiger partial charge in [-0.25, -0.2) is 13.2 Å². The maximum atomic E-state index is 13.0. The molecule has 1 aromatic rings. The minimum absolute atomic E-state index is 0.115. The van der Waals surface area contributed by atoms with E-state index in [1.807, 2.05) is 6.92 Å². The van der Waals surface area contributed by atoms with Crippen LogP contribution < -0.4 is 4.90 Å². The maximum Gasteiger partial charge on any atom is 0.471 e. The Labute approximate surface area is 154 Å². The van der Waals surface area contributed by atoms with E-state index in [1.54, 1.807) is 0 Å². The number of unbranched alkanes of at least 4 members (excludes halogenated alkanes) is 1. The summed E-state index contributed by atoms with van der Waals surface area (Å²) < 4.78 is 67.0. The number of sulfone groups is 1. The third kappa shape index (κ3) is 5.31. The Hall–Kier alpha value is -2.36. The van der Waals surface area contributed by atoms with E-state index in [1.165, 1.54) is 12.1 Å². The lowest BCUT2D eigenvalue weighted by Crippen LogP contribution is -2.47. The molecule has 0 aliphatic carbocycles. The number of hydrogen-bond donors (Lipinski definition) is 0. The number of amides is 1. The Morgan fingerprint density at radius 3 is 2.33 bits per heavy atom. The number of esters is 1. The standard InChI is InChI=1S/C17H18F3NO5S/c1-2-3-9-26-15(22)12-4-6-13(7-5-12)21(16(23)17(18,19)20)14-8-10-27(24,25)11-14/h4-8,10,14H,2-3,9,11H2,1H3. The molecule has 27 heavy (non-hydrogen) atoms. The number of nitrogens with zero attached hydrogens (tertiary/aromatic N) is 1. The fourth-order valence-electron chi connectivity index (χ4n) is 2.47. The molecule has 10 heteroatoms. The van der Waals surface area contributed by atoms with Gasteiger partial charge in [-0.2, -0.15) is 13.2 Å². The molecule has 2 rings (SSSR count). The SMILES string of the molecule is CCCCOC(=O)c1ccc(N(C(=O)C(F)(F)F)C2C=CS(=O)(=O)C2)cc1. The number of ether oxygens (including phenoxy) is 1. The minimum Gasteiger partial charge on any atom is -0.462 e. The first-order chi connectivity index (χ1) is 12.5. The number of benzene rings is 1. The lowest BCUT2D eigenvalue weighted by molar-refractivity contribution is -0.170. The van der Waals surface area contributed by atoms with Gasteiger partial charge in [0.1, 0.15) is 0 Å². The highest BCUT2D eigenvalue weighted by Crippen LogP contribution is 2.29. The van der Waals surface area contributed by atoms with E-state index < -0.39 is 39.7 Å². The van der Waals surface area contributed by atoms with Crippen LogP contribution in [0.1, 0.15) is 30.1 Å². The van der Waals surface area contributed by atoms with Crippen LogP contribution in [0.15, 0.2) is 35.7 Å². The van der Waals surface area contributed by atoms with Crippen molar-refractivity contribution in [3.05, 3.63) is 41.3 Å². The lowest BCUT2D eigenvalue weighted by Gasteiger charge is -2.28. The van der Waals surface area contributed by atoms with Crippen molar-refractivity contribution in [3.8, 4) is 0 Å². The van der Waals surface area contributed by atoms with Crippen molar-refractivity contribution in [1.82, 2.24) is 0 Å². The van der Waals surface area contributed by atoms with Gasteiger partial charge >= 0.3 is 18.1 Å². The Balaban J connectivity index is 2.27. The quantitative estimate of drug-likeness (QED) is 0.537. The number of carbonyl (C=O) groups is 2. The van der Waals surface area contributed by atoms with Gasteiger partial charge in [-0.1, -0.05) is 13.3 Å². The predicted molar refractivity (Wildman–Crippen MR) is 91.9 cm³/mol. The number of halogens is 3. The van der Waals surface area contributed by atoms with Crippen molar-refractivity contribution < 1.29 is 35.9 Å². The summed E-state index contributed by atoms with van der Waals surface area (Å²) in [6, 6.07) is 3.48. The van der Waals surface area contributed by atoms with Gasteiger partial charge in [-0.05, 0) is 36.8 Å². The number of hydrogen-bond acceptors (Lipinski definition) is 5. The van der Waals surface area contributed by atoms with Gasteiger partial charge in [-0.15, -0.1) is 0 Å². The molecule has 1 heterocycles. The third-order valence-electron chi connectivity index (χ3n) is 3.82. The molecule has 1 aliphatic rings. The molecule has 0 N–H and O–H groups in total. The van der Waals surface area contributed by atoms with E-state index in [9.17, 15) is 31.2 Å². The van der Waals surface area contributed by atoms with E-state index in [0.717, 1.165) is 30.0 Å². The van der Waals surface area contributed by atoms with E-state index >= 15 is 0 Å². The van der Waals surface area contributed by atoms with E-state index in [-0.39, 0.29) is 17.9 Å². The van der Waals surface area contributed by atoms with Gasteiger partial charge in [0.05, 0.1) is 24.0 Å². The molecule has 1 aliphatic heterocycles. The van der Waals surface area contributed by atoms with Crippen molar-refractivity contribution in [1.29, 1.82) is 0 Å². The molecule has 0 saturated carbocycles. The van der Waals surface area contributed by atoms with Crippen LogP contribution in [-0.2, 0) is 19.4 Å². The van der Waals surface area contributed by atoms with Crippen LogP contribution >= 0.6 is 0 Å². The average molecular weight is 405 g/mol. The molecule has 1 unspecified atom stereocenters.